The van der Waals surface area contributed by atoms with E-state index in [4.69, 9.17) is 0 Å². The van der Waals surface area contributed by atoms with Crippen molar-refractivity contribution >= 4 is 12.2 Å². The summed E-state index contributed by atoms with van der Waals surface area (Å²) in [6, 6.07) is 2.01. The second-order valence-electron chi connectivity index (χ2n) is 6.08. The zero-order valence-corrected chi connectivity index (χ0v) is 12.8. The average Bonchev–Trinajstić information content (AvgIpc) is 3.16. The minimum absolute atomic E-state index is 0.804. The van der Waals surface area contributed by atoms with Crippen molar-refractivity contribution in [2.24, 2.45) is 4.99 Å². The molecule has 0 saturated carbocycles. The molecule has 1 saturated heterocycles. The van der Waals surface area contributed by atoms with E-state index >= 15 is 0 Å². The minimum atomic E-state index is 0.804. The topological polar surface area (TPSA) is 64.0 Å². The molecule has 1 atom stereocenters. The van der Waals surface area contributed by atoms with Gasteiger partial charge in [0.15, 0.2) is 17.9 Å². The summed E-state index contributed by atoms with van der Waals surface area (Å²) in [7, 11) is 0. The van der Waals surface area contributed by atoms with E-state index in [2.05, 4.69) is 36.7 Å². The maximum Gasteiger partial charge on any atom is 0.231 e. The van der Waals surface area contributed by atoms with Gasteiger partial charge >= 0.3 is 0 Å². The second kappa shape index (κ2) is 5.49. The second-order valence-corrected chi connectivity index (χ2v) is 6.08. The number of aryl methyl sites for hydroxylation is 1. The molecular formula is C15H22N7+. The van der Waals surface area contributed by atoms with Gasteiger partial charge in [-0.1, -0.05) is 0 Å². The van der Waals surface area contributed by atoms with E-state index in [-0.39, 0.29) is 0 Å². The molecule has 0 spiro atoms. The number of nitrogens with one attached hydrogen (secondary N) is 3. The number of fused-ring (bicyclic) bond motifs is 1. The number of aromatic nitrogens is 2. The van der Waals surface area contributed by atoms with Crippen LogP contribution in [0.3, 0.4) is 0 Å². The Hall–Kier alpha value is -2.28. The lowest BCUT2D eigenvalue weighted by Crippen LogP contribution is -3.09. The van der Waals surface area contributed by atoms with Crippen LogP contribution in [0.5, 0.6) is 0 Å². The van der Waals surface area contributed by atoms with E-state index in [0.717, 1.165) is 31.1 Å². The predicted molar refractivity (Wildman–Crippen MR) is 84.7 cm³/mol. The Kier molecular flexibility index (Phi) is 3.34. The summed E-state index contributed by atoms with van der Waals surface area (Å²) >= 11 is 0. The summed E-state index contributed by atoms with van der Waals surface area (Å²) in [6.07, 6.45) is 10.0. The molecule has 0 amide bonds. The number of aliphatic imine (C=N–C) groups is 1. The van der Waals surface area contributed by atoms with Crippen molar-refractivity contribution in [3.63, 3.8) is 0 Å². The lowest BCUT2D eigenvalue weighted by atomic mass is 10.1. The molecule has 22 heavy (non-hydrogen) atoms. The molecule has 1 unspecified atom stereocenters. The number of likely N-dealkylation sites (tertiary alicyclic amines) is 1. The van der Waals surface area contributed by atoms with Gasteiger partial charge < -0.3 is 4.90 Å². The molecule has 7 nitrogen and oxygen atoms in total. The Morgan fingerprint density at radius 3 is 2.91 bits per heavy atom. The third-order valence-corrected chi connectivity index (χ3v) is 4.34. The predicted octanol–water partition coefficient (Wildman–Crippen LogP) is 0.414. The van der Waals surface area contributed by atoms with Crippen molar-refractivity contribution < 1.29 is 4.90 Å². The molecule has 0 bridgehead atoms. The molecule has 1 aromatic heterocycles. The van der Waals surface area contributed by atoms with Crippen LogP contribution in [0.1, 0.15) is 25.0 Å². The molecule has 0 aliphatic carbocycles. The average molecular weight is 300 g/mol. The van der Waals surface area contributed by atoms with Gasteiger partial charge in [-0.05, 0) is 26.2 Å². The molecule has 7 heteroatoms. The summed E-state index contributed by atoms with van der Waals surface area (Å²) in [5, 5.41) is 9.32. The van der Waals surface area contributed by atoms with Crippen molar-refractivity contribution in [1.29, 1.82) is 0 Å². The lowest BCUT2D eigenvalue weighted by molar-refractivity contribution is -0.724. The van der Waals surface area contributed by atoms with Gasteiger partial charge in [-0.2, -0.15) is 5.10 Å². The monoisotopic (exact) mass is 300 g/mol. The highest BCUT2D eigenvalue weighted by Crippen LogP contribution is 2.17. The van der Waals surface area contributed by atoms with Gasteiger partial charge in [0.2, 0.25) is 5.82 Å². The molecule has 116 valence electrons. The molecule has 4 rings (SSSR count). The van der Waals surface area contributed by atoms with Gasteiger partial charge in [0.05, 0.1) is 6.20 Å². The number of H-pyrrole nitrogens is 1. The van der Waals surface area contributed by atoms with Gasteiger partial charge in [-0.25, -0.2) is 9.89 Å². The summed E-state index contributed by atoms with van der Waals surface area (Å²) in [6.45, 7) is 5.07. The fourth-order valence-electron chi connectivity index (χ4n) is 3.24. The fraction of sp³-hybridized carbons (Fsp3) is 0.467. The Balaban J connectivity index is 1.58. The van der Waals surface area contributed by atoms with Gasteiger partial charge in [0.25, 0.3) is 0 Å². The maximum atomic E-state index is 4.35. The Labute approximate surface area is 130 Å². The van der Waals surface area contributed by atoms with Gasteiger partial charge in [0.1, 0.15) is 12.7 Å². The van der Waals surface area contributed by atoms with E-state index in [1.807, 2.05) is 25.5 Å². The first-order valence-electron chi connectivity index (χ1n) is 7.91. The van der Waals surface area contributed by atoms with Crippen molar-refractivity contribution in [3.8, 4) is 0 Å². The molecular weight excluding hydrogens is 278 g/mol. The quantitative estimate of drug-likeness (QED) is 0.757. The number of quaternary nitrogens is 1. The number of rotatable bonds is 3. The van der Waals surface area contributed by atoms with Crippen LogP contribution in [-0.4, -0.2) is 46.1 Å². The molecule has 3 aliphatic rings. The van der Waals surface area contributed by atoms with Gasteiger partial charge in [0, 0.05) is 24.8 Å². The number of anilines is 1. The molecule has 0 radical (unpaired) electrons. The van der Waals surface area contributed by atoms with Crippen LogP contribution in [0.15, 0.2) is 35.0 Å². The zero-order valence-electron chi connectivity index (χ0n) is 12.8. The van der Waals surface area contributed by atoms with E-state index in [1.54, 1.807) is 0 Å². The van der Waals surface area contributed by atoms with Crippen molar-refractivity contribution in [2.75, 3.05) is 25.1 Å². The number of hydrogen-bond donors (Lipinski definition) is 3. The fourth-order valence-corrected chi connectivity index (χ4v) is 3.24. The molecule has 3 aliphatic heterocycles. The van der Waals surface area contributed by atoms with Crippen molar-refractivity contribution in [1.82, 2.24) is 20.1 Å². The van der Waals surface area contributed by atoms with E-state index in [1.165, 1.54) is 35.7 Å². The molecule has 0 aromatic carbocycles. The first-order chi connectivity index (χ1) is 10.8. The zero-order chi connectivity index (χ0) is 14.9. The summed E-state index contributed by atoms with van der Waals surface area (Å²) in [4.78, 5) is 8.11. The van der Waals surface area contributed by atoms with Crippen molar-refractivity contribution in [2.45, 2.75) is 26.2 Å². The molecule has 3 N–H and O–H groups in total. The van der Waals surface area contributed by atoms with Crippen molar-refractivity contribution in [3.05, 3.63) is 35.7 Å². The third-order valence-electron chi connectivity index (χ3n) is 4.34. The Morgan fingerprint density at radius 2 is 2.14 bits per heavy atom. The largest absolute Gasteiger partial charge is 0.326 e. The SMILES string of the molecule is Cc1cc(NN2C=C(N3CCCCC3)[NH+]3C=NC=C3C2)n[nH]1. The maximum absolute atomic E-state index is 4.35. The van der Waals surface area contributed by atoms with Crippen LogP contribution in [-0.2, 0) is 0 Å². The number of hydrogen-bond acceptors (Lipinski definition) is 5. The standard InChI is InChI=1S/C15H21N7/c1-12-7-14(18-17-12)19-21-9-13-8-16-11-22(13)15(10-21)20-5-3-2-4-6-20/h7-8,10-11H,2-6,9H2,1H3,(H2,17,18,19)/p+1. The highest BCUT2D eigenvalue weighted by atomic mass is 15.6. The van der Waals surface area contributed by atoms with Gasteiger partial charge in [-0.3, -0.25) is 15.5 Å². The Bertz CT molecular complexity index is 636. The van der Waals surface area contributed by atoms with Crippen LogP contribution in [0.2, 0.25) is 0 Å². The number of piperidine rings is 1. The first-order valence-corrected chi connectivity index (χ1v) is 7.91. The molecule has 4 heterocycles. The number of aromatic amines is 1. The highest BCUT2D eigenvalue weighted by molar-refractivity contribution is 5.51. The molecule has 1 fully saturated rings. The van der Waals surface area contributed by atoms with Crippen LogP contribution in [0.25, 0.3) is 0 Å². The highest BCUT2D eigenvalue weighted by Gasteiger charge is 2.34. The molecule has 1 aromatic rings. The smallest absolute Gasteiger partial charge is 0.231 e. The van der Waals surface area contributed by atoms with E-state index in [0.29, 0.717) is 0 Å². The van der Waals surface area contributed by atoms with E-state index < -0.39 is 0 Å². The Morgan fingerprint density at radius 1 is 1.27 bits per heavy atom. The number of nitrogens with zero attached hydrogens (tertiary/aromatic N) is 4. The first kappa shape index (κ1) is 13.4. The normalized spacial score (nSPS) is 24.1. The number of hydrazine groups is 1. The summed E-state index contributed by atoms with van der Waals surface area (Å²) < 4.78 is 0. The van der Waals surface area contributed by atoms with Gasteiger partial charge in [-0.15, -0.1) is 0 Å². The summed E-state index contributed by atoms with van der Waals surface area (Å²) in [5.74, 6) is 2.12. The van der Waals surface area contributed by atoms with Crippen LogP contribution in [0.4, 0.5) is 5.82 Å². The summed E-state index contributed by atoms with van der Waals surface area (Å²) in [5.41, 5.74) is 5.68. The lowest BCUT2D eigenvalue weighted by Gasteiger charge is -2.36. The van der Waals surface area contributed by atoms with Crippen LogP contribution >= 0.6 is 0 Å². The van der Waals surface area contributed by atoms with E-state index in [9.17, 15) is 0 Å². The van der Waals surface area contributed by atoms with Crippen LogP contribution in [0, 0.1) is 6.92 Å². The van der Waals surface area contributed by atoms with Crippen LogP contribution < -0.4 is 10.3 Å². The minimum Gasteiger partial charge on any atom is -0.326 e. The third kappa shape index (κ3) is 2.48.